The predicted octanol–water partition coefficient (Wildman–Crippen LogP) is 1.33. The Morgan fingerprint density at radius 2 is 2.14 bits per heavy atom. The van der Waals surface area contributed by atoms with Crippen LogP contribution in [-0.4, -0.2) is 50.2 Å². The Kier molecular flexibility index (Phi) is 5.20. The van der Waals surface area contributed by atoms with Crippen LogP contribution in [0.25, 0.3) is 0 Å². The van der Waals surface area contributed by atoms with Crippen LogP contribution in [-0.2, 0) is 21.3 Å². The van der Waals surface area contributed by atoms with Crippen LogP contribution in [0.15, 0.2) is 18.2 Å². The van der Waals surface area contributed by atoms with Crippen LogP contribution >= 0.6 is 0 Å². The molecule has 0 N–H and O–H groups in total. The first-order valence-corrected chi connectivity index (χ1v) is 8.75. The zero-order valence-electron chi connectivity index (χ0n) is 12.7. The average Bonchev–Trinajstić information content (AvgIpc) is 2.44. The molecule has 0 bridgehead atoms. The van der Waals surface area contributed by atoms with E-state index in [1.165, 1.54) is 4.90 Å². The van der Waals surface area contributed by atoms with Crippen molar-refractivity contribution >= 4 is 16.0 Å². The zero-order chi connectivity index (χ0) is 16.3. The monoisotopic (exact) mass is 326 g/mol. The molecule has 0 aromatic heterocycles. The van der Waals surface area contributed by atoms with E-state index in [1.54, 1.807) is 20.2 Å². The number of nitrogens with zero attached hydrogens (tertiary/aromatic N) is 1. The Hall–Kier alpha value is -1.44. The average molecular weight is 326 g/mol. The molecule has 0 radical (unpaired) electrons. The van der Waals surface area contributed by atoms with Crippen LogP contribution < -0.4 is 0 Å². The summed E-state index contributed by atoms with van der Waals surface area (Å²) in [6.45, 7) is 0.529. The van der Waals surface area contributed by atoms with Crippen LogP contribution in [0, 0.1) is 0 Å². The van der Waals surface area contributed by atoms with Gasteiger partial charge in [0, 0.05) is 25.4 Å². The molecule has 1 aliphatic heterocycles. The van der Waals surface area contributed by atoms with Gasteiger partial charge in [0.1, 0.15) is 0 Å². The van der Waals surface area contributed by atoms with Gasteiger partial charge < -0.3 is 14.2 Å². The fourth-order valence-electron chi connectivity index (χ4n) is 2.61. The fourth-order valence-corrected chi connectivity index (χ4v) is 3.13. The summed E-state index contributed by atoms with van der Waals surface area (Å²) in [6.07, 6.45) is 1.26. The number of carbonyl (C=O) groups is 1. The summed E-state index contributed by atoms with van der Waals surface area (Å²) in [4.78, 5) is 13.5. The van der Waals surface area contributed by atoms with Gasteiger partial charge >= 0.3 is 0 Å². The molecule has 1 atom stereocenters. The Bertz CT molecular complexity index is 654. The standard InChI is InChI=1S/C15H21NO5S/c1-16(2)15(17)12-5-6-13-11(10-12)7-8-21-14(13)4-3-9-22(18,19)20/h5-6,10,14H,3-4,7-9H2,1-2H3,(H,18,19,20)/p-1. The minimum absolute atomic E-state index is 0.0525. The van der Waals surface area contributed by atoms with Crippen molar-refractivity contribution in [3.8, 4) is 0 Å². The molecule has 122 valence electrons. The van der Waals surface area contributed by atoms with Gasteiger partial charge in [-0.15, -0.1) is 0 Å². The molecular weight excluding hydrogens is 306 g/mol. The van der Waals surface area contributed by atoms with E-state index in [0.29, 0.717) is 18.6 Å². The van der Waals surface area contributed by atoms with E-state index >= 15 is 0 Å². The summed E-state index contributed by atoms with van der Waals surface area (Å²) in [7, 11) is -0.775. The maximum absolute atomic E-state index is 12.0. The maximum atomic E-state index is 12.0. The highest BCUT2D eigenvalue weighted by atomic mass is 32.2. The molecule has 1 unspecified atom stereocenters. The number of amides is 1. The first-order valence-electron chi connectivity index (χ1n) is 7.17. The smallest absolute Gasteiger partial charge is 0.253 e. The number of ether oxygens (including phenoxy) is 1. The Balaban J connectivity index is 2.12. The fraction of sp³-hybridized carbons (Fsp3) is 0.533. The van der Waals surface area contributed by atoms with Gasteiger partial charge in [-0.05, 0) is 42.5 Å². The highest BCUT2D eigenvalue weighted by Gasteiger charge is 2.22. The van der Waals surface area contributed by atoms with Gasteiger partial charge in [0.15, 0.2) is 0 Å². The molecule has 1 heterocycles. The van der Waals surface area contributed by atoms with Crippen molar-refractivity contribution in [2.24, 2.45) is 0 Å². The topological polar surface area (TPSA) is 86.7 Å². The Labute approximate surface area is 130 Å². The molecule has 1 aromatic rings. The van der Waals surface area contributed by atoms with Gasteiger partial charge in [0.25, 0.3) is 5.91 Å². The van der Waals surface area contributed by atoms with E-state index in [2.05, 4.69) is 0 Å². The summed E-state index contributed by atoms with van der Waals surface area (Å²) >= 11 is 0. The number of hydrogen-bond acceptors (Lipinski definition) is 5. The van der Waals surface area contributed by atoms with Gasteiger partial charge in [0.05, 0.1) is 22.8 Å². The molecule has 1 aliphatic rings. The minimum atomic E-state index is -4.19. The lowest BCUT2D eigenvalue weighted by molar-refractivity contribution is 0.0361. The molecule has 0 fully saturated rings. The van der Waals surface area contributed by atoms with Crippen molar-refractivity contribution in [1.82, 2.24) is 4.90 Å². The summed E-state index contributed by atoms with van der Waals surface area (Å²) < 4.78 is 37.7. The maximum Gasteiger partial charge on any atom is 0.253 e. The van der Waals surface area contributed by atoms with E-state index in [1.807, 2.05) is 12.1 Å². The van der Waals surface area contributed by atoms with Crippen LogP contribution in [0.3, 0.4) is 0 Å². The van der Waals surface area contributed by atoms with E-state index in [4.69, 9.17) is 4.74 Å². The third-order valence-corrected chi connectivity index (χ3v) is 4.48. The van der Waals surface area contributed by atoms with Gasteiger partial charge in [-0.3, -0.25) is 4.79 Å². The second-order valence-electron chi connectivity index (χ2n) is 5.63. The Morgan fingerprint density at radius 3 is 2.77 bits per heavy atom. The summed E-state index contributed by atoms with van der Waals surface area (Å²) in [5.74, 6) is -0.428. The highest BCUT2D eigenvalue weighted by molar-refractivity contribution is 7.85. The molecule has 0 saturated carbocycles. The second-order valence-corrected chi connectivity index (χ2v) is 7.15. The highest BCUT2D eigenvalue weighted by Crippen LogP contribution is 2.31. The van der Waals surface area contributed by atoms with Gasteiger partial charge in [-0.25, -0.2) is 8.42 Å². The van der Waals surface area contributed by atoms with E-state index in [0.717, 1.165) is 17.5 Å². The van der Waals surface area contributed by atoms with Crippen molar-refractivity contribution in [3.63, 3.8) is 0 Å². The normalized spacial score (nSPS) is 17.9. The summed E-state index contributed by atoms with van der Waals surface area (Å²) in [5, 5.41) is 0. The minimum Gasteiger partial charge on any atom is -0.748 e. The van der Waals surface area contributed by atoms with Gasteiger partial charge in [-0.1, -0.05) is 6.07 Å². The number of benzene rings is 1. The molecular formula is C15H20NO5S-. The molecule has 0 aliphatic carbocycles. The third kappa shape index (κ3) is 4.28. The molecule has 0 saturated heterocycles. The first kappa shape index (κ1) is 16.9. The second kappa shape index (κ2) is 6.76. The molecule has 6 nitrogen and oxygen atoms in total. The van der Waals surface area contributed by atoms with Gasteiger partial charge in [0.2, 0.25) is 0 Å². The van der Waals surface area contributed by atoms with Crippen molar-refractivity contribution in [1.29, 1.82) is 0 Å². The lowest BCUT2D eigenvalue weighted by atomic mass is 9.93. The summed E-state index contributed by atoms with van der Waals surface area (Å²) in [6, 6.07) is 5.49. The SMILES string of the molecule is CN(C)C(=O)c1ccc2c(c1)CCOC2CCCS(=O)(=O)[O-]. The number of fused-ring (bicyclic) bond motifs is 1. The van der Waals surface area contributed by atoms with Crippen LogP contribution in [0.5, 0.6) is 0 Å². The van der Waals surface area contributed by atoms with Crippen LogP contribution in [0.1, 0.15) is 40.4 Å². The molecule has 22 heavy (non-hydrogen) atoms. The van der Waals surface area contributed by atoms with Crippen molar-refractivity contribution in [3.05, 3.63) is 34.9 Å². The first-order chi connectivity index (χ1) is 10.3. The predicted molar refractivity (Wildman–Crippen MR) is 80.7 cm³/mol. The number of hydrogen-bond donors (Lipinski definition) is 0. The molecule has 0 spiro atoms. The van der Waals surface area contributed by atoms with Crippen molar-refractivity contribution < 1.29 is 22.5 Å². The quantitative estimate of drug-likeness (QED) is 0.762. The summed E-state index contributed by atoms with van der Waals surface area (Å²) in [5.41, 5.74) is 2.66. The van der Waals surface area contributed by atoms with E-state index in [9.17, 15) is 17.8 Å². The Morgan fingerprint density at radius 1 is 1.41 bits per heavy atom. The number of carbonyl (C=O) groups excluding carboxylic acids is 1. The number of rotatable bonds is 5. The zero-order valence-corrected chi connectivity index (χ0v) is 13.6. The van der Waals surface area contributed by atoms with Crippen LogP contribution in [0.2, 0.25) is 0 Å². The molecule has 7 heteroatoms. The van der Waals surface area contributed by atoms with E-state index < -0.39 is 10.1 Å². The molecule has 1 amide bonds. The lowest BCUT2D eigenvalue weighted by Gasteiger charge is -2.27. The van der Waals surface area contributed by atoms with Crippen molar-refractivity contribution in [2.45, 2.75) is 25.4 Å². The lowest BCUT2D eigenvalue weighted by Crippen LogP contribution is -2.23. The van der Waals surface area contributed by atoms with Gasteiger partial charge in [-0.2, -0.15) is 0 Å². The molecule has 1 aromatic carbocycles. The van der Waals surface area contributed by atoms with E-state index in [-0.39, 0.29) is 24.2 Å². The molecule has 2 rings (SSSR count). The van der Waals surface area contributed by atoms with Crippen molar-refractivity contribution in [2.75, 3.05) is 26.5 Å². The third-order valence-electron chi connectivity index (χ3n) is 3.69. The van der Waals surface area contributed by atoms with Crippen LogP contribution in [0.4, 0.5) is 0 Å². The largest absolute Gasteiger partial charge is 0.748 e.